The van der Waals surface area contributed by atoms with Crippen molar-refractivity contribution in [3.63, 3.8) is 0 Å². The number of hydrogen-bond acceptors (Lipinski definition) is 4. The fourth-order valence-electron chi connectivity index (χ4n) is 2.25. The van der Waals surface area contributed by atoms with Crippen LogP contribution in [-0.4, -0.2) is 24.2 Å². The molecule has 0 bridgehead atoms. The number of hydrogen-bond donors (Lipinski definition) is 1. The molecule has 0 aliphatic heterocycles. The van der Waals surface area contributed by atoms with Gasteiger partial charge in [0.05, 0.1) is 5.60 Å². The number of nitrogens with one attached hydrogen (secondary N) is 1. The van der Waals surface area contributed by atoms with Crippen LogP contribution in [0.3, 0.4) is 0 Å². The van der Waals surface area contributed by atoms with Crippen LogP contribution in [0.5, 0.6) is 0 Å². The largest absolute Gasteiger partial charge is 0.440 e. The second-order valence-corrected chi connectivity index (χ2v) is 6.76. The van der Waals surface area contributed by atoms with E-state index in [4.69, 9.17) is 9.15 Å². The third kappa shape index (κ3) is 4.27. The van der Waals surface area contributed by atoms with Gasteiger partial charge in [0.25, 0.3) is 0 Å². The van der Waals surface area contributed by atoms with Crippen molar-refractivity contribution in [2.75, 3.05) is 13.7 Å². The van der Waals surface area contributed by atoms with Gasteiger partial charge in [0.1, 0.15) is 11.1 Å². The lowest BCUT2D eigenvalue weighted by Crippen LogP contribution is -2.36. The van der Waals surface area contributed by atoms with Gasteiger partial charge in [0.2, 0.25) is 0 Å². The smallest absolute Gasteiger partial charge is 0.420 e. The van der Waals surface area contributed by atoms with Crippen molar-refractivity contribution in [3.05, 3.63) is 29.2 Å². The lowest BCUT2D eigenvalue weighted by Gasteiger charge is -2.23. The van der Waals surface area contributed by atoms with Gasteiger partial charge >= 0.3 is 6.18 Å². The topological polar surface area (TPSA) is 47.3 Å². The van der Waals surface area contributed by atoms with Gasteiger partial charge in [-0.2, -0.15) is 13.2 Å². The Kier molecular flexibility index (Phi) is 5.25. The van der Waals surface area contributed by atoms with Crippen molar-refractivity contribution in [2.24, 2.45) is 0 Å². The Bertz CT molecular complexity index is 706. The van der Waals surface area contributed by atoms with Crippen LogP contribution in [0.1, 0.15) is 50.6 Å². The highest BCUT2D eigenvalue weighted by Crippen LogP contribution is 2.37. The van der Waals surface area contributed by atoms with Gasteiger partial charge < -0.3 is 14.5 Å². The molecule has 0 aliphatic carbocycles. The quantitative estimate of drug-likeness (QED) is 0.839. The van der Waals surface area contributed by atoms with Crippen LogP contribution < -0.4 is 5.32 Å². The molecule has 7 heteroatoms. The molecule has 0 saturated heterocycles. The summed E-state index contributed by atoms with van der Waals surface area (Å²) in [4.78, 5) is 4.20. The maximum atomic E-state index is 13.3. The summed E-state index contributed by atoms with van der Waals surface area (Å²) < 4.78 is 50.7. The van der Waals surface area contributed by atoms with Gasteiger partial charge in [0.15, 0.2) is 11.5 Å². The van der Waals surface area contributed by atoms with Gasteiger partial charge in [-0.15, -0.1) is 0 Å². The highest BCUT2D eigenvalue weighted by atomic mass is 19.4. The summed E-state index contributed by atoms with van der Waals surface area (Å²) in [5.41, 5.74) is -0.647. The number of alkyl halides is 3. The molecular formula is C17H23F3N2O2. The van der Waals surface area contributed by atoms with Crippen LogP contribution in [0.15, 0.2) is 16.5 Å². The number of aromatic nitrogens is 1. The van der Waals surface area contributed by atoms with E-state index >= 15 is 0 Å². The highest BCUT2D eigenvalue weighted by molar-refractivity contribution is 5.78. The molecule has 0 atom stereocenters. The van der Waals surface area contributed by atoms with Gasteiger partial charge in [0, 0.05) is 26.1 Å². The molecule has 4 nitrogen and oxygen atoms in total. The maximum absolute atomic E-state index is 13.3. The monoisotopic (exact) mass is 344 g/mol. The summed E-state index contributed by atoms with van der Waals surface area (Å²) >= 11 is 0. The predicted molar refractivity (Wildman–Crippen MR) is 85.9 cm³/mol. The molecule has 2 rings (SSSR count). The fraction of sp³-hybridized carbons (Fsp3) is 0.588. The number of benzene rings is 1. The van der Waals surface area contributed by atoms with Gasteiger partial charge in [-0.25, -0.2) is 4.98 Å². The molecule has 24 heavy (non-hydrogen) atoms. The van der Waals surface area contributed by atoms with Crippen molar-refractivity contribution in [3.8, 4) is 0 Å². The Morgan fingerprint density at radius 3 is 2.46 bits per heavy atom. The number of methoxy groups -OCH3 is 1. The molecule has 134 valence electrons. The zero-order chi connectivity index (χ0) is 18.1. The van der Waals surface area contributed by atoms with Crippen molar-refractivity contribution >= 4 is 11.1 Å². The van der Waals surface area contributed by atoms with E-state index < -0.39 is 17.3 Å². The van der Waals surface area contributed by atoms with Crippen LogP contribution in [0.25, 0.3) is 11.1 Å². The normalized spacial score (nSPS) is 13.2. The Morgan fingerprint density at radius 1 is 1.25 bits per heavy atom. The average molecular weight is 344 g/mol. The van der Waals surface area contributed by atoms with E-state index in [-0.39, 0.29) is 23.6 Å². The zero-order valence-corrected chi connectivity index (χ0v) is 14.5. The lowest BCUT2D eigenvalue weighted by molar-refractivity contribution is -0.136. The maximum Gasteiger partial charge on any atom is 0.420 e. The SMILES string of the molecule is COC(C)(C)CNCc1cc(C(F)(F)F)c2oc(C(C)C)nc2c1. The summed E-state index contributed by atoms with van der Waals surface area (Å²) in [6.45, 7) is 8.25. The molecule has 1 aromatic heterocycles. The molecule has 0 spiro atoms. The van der Waals surface area contributed by atoms with Crippen molar-refractivity contribution in [1.82, 2.24) is 10.3 Å². The van der Waals surface area contributed by atoms with Crippen LogP contribution in [0.2, 0.25) is 0 Å². The second kappa shape index (κ2) is 6.72. The number of halogens is 3. The number of rotatable bonds is 6. The molecule has 0 saturated carbocycles. The van der Waals surface area contributed by atoms with E-state index in [1.165, 1.54) is 0 Å². The van der Waals surface area contributed by atoms with Crippen LogP contribution >= 0.6 is 0 Å². The first-order chi connectivity index (χ1) is 11.0. The minimum absolute atomic E-state index is 0.0810. The predicted octanol–water partition coefficient (Wildman–Crippen LogP) is 4.48. The van der Waals surface area contributed by atoms with E-state index in [0.29, 0.717) is 18.0 Å². The third-order valence-electron chi connectivity index (χ3n) is 3.80. The standard InChI is InChI=1S/C17H23F3N2O2/c1-10(2)15-22-13-7-11(8-21-9-16(3,4)23-5)6-12(14(13)24-15)17(18,19)20/h6-7,10,21H,8-9H2,1-5H3. The van der Waals surface area contributed by atoms with Crippen LogP contribution in [0, 0.1) is 0 Å². The van der Waals surface area contributed by atoms with E-state index in [0.717, 1.165) is 6.07 Å². The summed E-state index contributed by atoms with van der Waals surface area (Å²) in [7, 11) is 1.60. The molecule has 0 aliphatic rings. The Balaban J connectivity index is 2.34. The summed E-state index contributed by atoms with van der Waals surface area (Å²) in [5.74, 6) is 0.226. The molecule has 0 amide bonds. The molecule has 1 N–H and O–H groups in total. The Morgan fingerprint density at radius 2 is 1.92 bits per heavy atom. The van der Waals surface area contributed by atoms with Crippen LogP contribution in [0.4, 0.5) is 13.2 Å². The fourth-order valence-corrected chi connectivity index (χ4v) is 2.25. The van der Waals surface area contributed by atoms with Gasteiger partial charge in [-0.3, -0.25) is 0 Å². The van der Waals surface area contributed by atoms with Crippen molar-refractivity contribution < 1.29 is 22.3 Å². The van der Waals surface area contributed by atoms with E-state index in [1.807, 2.05) is 27.7 Å². The van der Waals surface area contributed by atoms with Crippen molar-refractivity contribution in [2.45, 2.75) is 51.9 Å². The molecule has 1 aromatic carbocycles. The van der Waals surface area contributed by atoms with Crippen LogP contribution in [-0.2, 0) is 17.5 Å². The molecular weight excluding hydrogens is 321 g/mol. The minimum Gasteiger partial charge on any atom is -0.440 e. The highest BCUT2D eigenvalue weighted by Gasteiger charge is 2.35. The summed E-state index contributed by atoms with van der Waals surface area (Å²) in [5, 5.41) is 3.12. The molecule has 0 unspecified atom stereocenters. The number of oxazole rings is 1. The molecule has 1 heterocycles. The first-order valence-electron chi connectivity index (χ1n) is 7.80. The molecule has 2 aromatic rings. The lowest BCUT2D eigenvalue weighted by atomic mass is 10.1. The Hall–Kier alpha value is -1.60. The summed E-state index contributed by atoms with van der Waals surface area (Å²) in [6, 6.07) is 2.75. The summed E-state index contributed by atoms with van der Waals surface area (Å²) in [6.07, 6.45) is -4.49. The third-order valence-corrected chi connectivity index (χ3v) is 3.80. The van der Waals surface area contributed by atoms with E-state index in [2.05, 4.69) is 10.3 Å². The number of ether oxygens (including phenoxy) is 1. The van der Waals surface area contributed by atoms with Gasteiger partial charge in [-0.05, 0) is 31.5 Å². The molecule has 0 fully saturated rings. The van der Waals surface area contributed by atoms with Crippen molar-refractivity contribution in [1.29, 1.82) is 0 Å². The Labute approximate surface area is 139 Å². The first kappa shape index (κ1) is 18.7. The zero-order valence-electron chi connectivity index (χ0n) is 14.5. The van der Waals surface area contributed by atoms with Gasteiger partial charge in [-0.1, -0.05) is 13.8 Å². The second-order valence-electron chi connectivity index (χ2n) is 6.76. The average Bonchev–Trinajstić information content (AvgIpc) is 2.89. The minimum atomic E-state index is -4.49. The number of nitrogens with zero attached hydrogens (tertiary/aromatic N) is 1. The first-order valence-corrected chi connectivity index (χ1v) is 7.80. The molecule has 0 radical (unpaired) electrons. The number of fused-ring (bicyclic) bond motifs is 1. The van der Waals surface area contributed by atoms with E-state index in [1.54, 1.807) is 13.2 Å². The van der Waals surface area contributed by atoms with E-state index in [9.17, 15) is 13.2 Å².